The first-order valence-electron chi connectivity index (χ1n) is 10.4. The average Bonchev–Trinajstić information content (AvgIpc) is 3.44. The number of aliphatic hydroxyl groups is 1. The molecule has 2 heterocycles. The summed E-state index contributed by atoms with van der Waals surface area (Å²) in [4.78, 5) is 7.81. The minimum Gasteiger partial charge on any atom is -0.454 e. The van der Waals surface area contributed by atoms with E-state index < -0.39 is 6.10 Å². The van der Waals surface area contributed by atoms with Crippen molar-refractivity contribution in [1.29, 1.82) is 0 Å². The number of oxime groups is 1. The maximum Gasteiger partial charge on any atom is 0.231 e. The highest BCUT2D eigenvalue weighted by Crippen LogP contribution is 2.33. The van der Waals surface area contributed by atoms with E-state index in [0.717, 1.165) is 22.6 Å². The molecule has 2 aromatic rings. The van der Waals surface area contributed by atoms with Crippen LogP contribution in [0.1, 0.15) is 17.5 Å². The molecule has 7 nitrogen and oxygen atoms in total. The van der Waals surface area contributed by atoms with Crippen LogP contribution in [0, 0.1) is 12.3 Å². The van der Waals surface area contributed by atoms with Crippen molar-refractivity contribution in [1.82, 2.24) is 4.90 Å². The zero-order chi connectivity index (χ0) is 22.3. The monoisotopic (exact) mass is 456 g/mol. The molecule has 0 aromatic heterocycles. The zero-order valence-corrected chi connectivity index (χ0v) is 18.3. The molecule has 0 aliphatic carbocycles. The fraction of sp³-hybridized carbons (Fsp3) is 0.375. The molecule has 0 bridgehead atoms. The summed E-state index contributed by atoms with van der Waals surface area (Å²) in [7, 11) is 0. The standard InChI is InChI=1S/C24H25ClN2O5/c1-2-9-29-15-19(28)13-27(12-18-5-3-4-6-21(18)25)14-20-11-22(26-32-20)17-7-8-23-24(10-17)31-16-30-23/h1,3-8,10,19-20,28H,9,11-16H2. The summed E-state index contributed by atoms with van der Waals surface area (Å²) in [5.41, 5.74) is 2.77. The van der Waals surface area contributed by atoms with Crippen molar-refractivity contribution < 1.29 is 24.2 Å². The summed E-state index contributed by atoms with van der Waals surface area (Å²) >= 11 is 6.36. The predicted molar refractivity (Wildman–Crippen MR) is 121 cm³/mol. The van der Waals surface area contributed by atoms with E-state index in [2.05, 4.69) is 16.0 Å². The normalized spacial score (nSPS) is 17.7. The van der Waals surface area contributed by atoms with Crippen LogP contribution in [0.25, 0.3) is 0 Å². The number of hydrogen-bond donors (Lipinski definition) is 1. The minimum absolute atomic E-state index is 0.156. The molecule has 2 aromatic carbocycles. The summed E-state index contributed by atoms with van der Waals surface area (Å²) in [5.74, 6) is 3.85. The van der Waals surface area contributed by atoms with Gasteiger partial charge in [0.1, 0.15) is 12.7 Å². The second-order valence-electron chi connectivity index (χ2n) is 7.70. The molecule has 0 radical (unpaired) electrons. The highest BCUT2D eigenvalue weighted by Gasteiger charge is 2.27. The molecule has 0 fully saturated rings. The molecule has 168 valence electrons. The first-order valence-corrected chi connectivity index (χ1v) is 10.8. The fourth-order valence-corrected chi connectivity index (χ4v) is 3.93. The third-order valence-electron chi connectivity index (χ3n) is 5.22. The first kappa shape index (κ1) is 22.4. The Labute approximate surface area is 192 Å². The number of nitrogens with zero attached hydrogens (tertiary/aromatic N) is 2. The van der Waals surface area contributed by atoms with Crippen molar-refractivity contribution in [3.8, 4) is 23.8 Å². The van der Waals surface area contributed by atoms with E-state index in [1.165, 1.54) is 0 Å². The molecule has 0 spiro atoms. The molecule has 8 heteroatoms. The Morgan fingerprint density at radius 3 is 2.94 bits per heavy atom. The Hall–Kier alpha value is -2.76. The smallest absolute Gasteiger partial charge is 0.231 e. The first-order chi connectivity index (χ1) is 15.6. The van der Waals surface area contributed by atoms with Gasteiger partial charge in [0, 0.05) is 36.6 Å². The average molecular weight is 457 g/mol. The number of aliphatic hydroxyl groups excluding tert-OH is 1. The number of fused-ring (bicyclic) bond motifs is 1. The molecule has 0 amide bonds. The second kappa shape index (κ2) is 10.7. The maximum absolute atomic E-state index is 10.4. The molecule has 0 saturated heterocycles. The molecular weight excluding hydrogens is 432 g/mol. The van der Waals surface area contributed by atoms with Gasteiger partial charge in [0.15, 0.2) is 11.5 Å². The third-order valence-corrected chi connectivity index (χ3v) is 5.59. The van der Waals surface area contributed by atoms with Crippen LogP contribution in [0.2, 0.25) is 5.02 Å². The van der Waals surface area contributed by atoms with Crippen LogP contribution in [0.3, 0.4) is 0 Å². The van der Waals surface area contributed by atoms with Gasteiger partial charge in [0.2, 0.25) is 6.79 Å². The topological polar surface area (TPSA) is 72.8 Å². The third kappa shape index (κ3) is 5.72. The van der Waals surface area contributed by atoms with Gasteiger partial charge >= 0.3 is 0 Å². The van der Waals surface area contributed by atoms with E-state index in [1.807, 2.05) is 42.5 Å². The number of rotatable bonds is 10. The summed E-state index contributed by atoms with van der Waals surface area (Å²) in [6.45, 7) is 2.07. The van der Waals surface area contributed by atoms with Crippen molar-refractivity contribution >= 4 is 17.3 Å². The second-order valence-corrected chi connectivity index (χ2v) is 8.10. The van der Waals surface area contributed by atoms with Gasteiger partial charge in [0.25, 0.3) is 0 Å². The van der Waals surface area contributed by atoms with Crippen LogP contribution in [-0.4, -0.2) is 61.0 Å². The Bertz CT molecular complexity index is 1010. The van der Waals surface area contributed by atoms with Crippen LogP contribution in [0.15, 0.2) is 47.6 Å². The summed E-state index contributed by atoms with van der Waals surface area (Å²) in [6, 6.07) is 13.4. The molecular formula is C24H25ClN2O5. The van der Waals surface area contributed by atoms with E-state index in [-0.39, 0.29) is 26.1 Å². The highest BCUT2D eigenvalue weighted by atomic mass is 35.5. The summed E-state index contributed by atoms with van der Waals surface area (Å²) in [5, 5.41) is 15.4. The van der Waals surface area contributed by atoms with Crippen LogP contribution >= 0.6 is 11.6 Å². The quantitative estimate of drug-likeness (QED) is 0.437. The molecule has 4 rings (SSSR count). The Kier molecular flexibility index (Phi) is 7.51. The summed E-state index contributed by atoms with van der Waals surface area (Å²) < 4.78 is 16.1. The van der Waals surface area contributed by atoms with Crippen LogP contribution < -0.4 is 9.47 Å². The van der Waals surface area contributed by atoms with Gasteiger partial charge in [-0.1, -0.05) is 40.9 Å². The van der Waals surface area contributed by atoms with Crippen molar-refractivity contribution in [3.05, 3.63) is 58.6 Å². The van der Waals surface area contributed by atoms with E-state index >= 15 is 0 Å². The Morgan fingerprint density at radius 2 is 2.09 bits per heavy atom. The van der Waals surface area contributed by atoms with Gasteiger partial charge in [-0.3, -0.25) is 4.90 Å². The lowest BCUT2D eigenvalue weighted by Gasteiger charge is -2.27. The van der Waals surface area contributed by atoms with Crippen molar-refractivity contribution in [2.75, 3.05) is 33.1 Å². The predicted octanol–water partition coefficient (Wildman–Crippen LogP) is 3.07. The number of terminal acetylenes is 1. The number of ether oxygens (including phenoxy) is 3. The van der Waals surface area contributed by atoms with Gasteiger partial charge in [-0.25, -0.2) is 0 Å². The molecule has 2 aliphatic rings. The minimum atomic E-state index is -0.693. The van der Waals surface area contributed by atoms with Crippen molar-refractivity contribution in [2.45, 2.75) is 25.2 Å². The van der Waals surface area contributed by atoms with Gasteiger partial charge in [-0.2, -0.15) is 0 Å². The lowest BCUT2D eigenvalue weighted by atomic mass is 10.0. The molecule has 2 unspecified atom stereocenters. The SMILES string of the molecule is C#CCOCC(O)CN(Cc1ccccc1Cl)CC1CC(c2ccc3c(c2)OCO3)=NO1. The maximum atomic E-state index is 10.4. The number of benzene rings is 2. The van der Waals surface area contributed by atoms with Crippen molar-refractivity contribution in [2.24, 2.45) is 5.16 Å². The van der Waals surface area contributed by atoms with E-state index in [0.29, 0.717) is 36.8 Å². The Morgan fingerprint density at radius 1 is 1.25 bits per heavy atom. The lowest BCUT2D eigenvalue weighted by Crippen LogP contribution is -2.39. The van der Waals surface area contributed by atoms with Crippen molar-refractivity contribution in [3.63, 3.8) is 0 Å². The molecule has 2 aliphatic heterocycles. The fourth-order valence-electron chi connectivity index (χ4n) is 3.74. The molecule has 2 atom stereocenters. The largest absolute Gasteiger partial charge is 0.454 e. The van der Waals surface area contributed by atoms with E-state index in [1.54, 1.807) is 0 Å². The Balaban J connectivity index is 1.39. The van der Waals surface area contributed by atoms with E-state index in [4.69, 9.17) is 37.1 Å². The van der Waals surface area contributed by atoms with Crippen LogP contribution in [0.4, 0.5) is 0 Å². The van der Waals surface area contributed by atoms with E-state index in [9.17, 15) is 5.11 Å². The van der Waals surface area contributed by atoms with Gasteiger partial charge in [-0.15, -0.1) is 6.42 Å². The summed E-state index contributed by atoms with van der Waals surface area (Å²) in [6.07, 6.45) is 5.00. The number of halogens is 1. The van der Waals surface area contributed by atoms with Gasteiger partial charge < -0.3 is 24.2 Å². The highest BCUT2D eigenvalue weighted by molar-refractivity contribution is 6.31. The molecule has 1 N–H and O–H groups in total. The zero-order valence-electron chi connectivity index (χ0n) is 17.6. The van der Waals surface area contributed by atoms with Gasteiger partial charge in [0.05, 0.1) is 18.4 Å². The number of hydrogen-bond acceptors (Lipinski definition) is 7. The molecule has 32 heavy (non-hydrogen) atoms. The molecule has 0 saturated carbocycles. The van der Waals surface area contributed by atoms with Crippen LogP contribution in [0.5, 0.6) is 11.5 Å². The van der Waals surface area contributed by atoms with Crippen LogP contribution in [-0.2, 0) is 16.1 Å². The van der Waals surface area contributed by atoms with Gasteiger partial charge in [-0.05, 0) is 29.8 Å². The lowest BCUT2D eigenvalue weighted by molar-refractivity contribution is 0.00419.